The van der Waals surface area contributed by atoms with E-state index in [1.54, 1.807) is 6.92 Å². The number of aromatic nitrogens is 2. The Kier molecular flexibility index (Phi) is 6.82. The van der Waals surface area contributed by atoms with E-state index in [2.05, 4.69) is 15.2 Å². The van der Waals surface area contributed by atoms with Gasteiger partial charge in [-0.25, -0.2) is 9.49 Å². The molecular weight excluding hydrogens is 449 g/mol. The SMILES string of the molecule is CC[C@H](C[C@@](O)(C=Nc1cccc2c(=O)[nH]ncc12)C(F)(F)F)c1ccc(F)c(F)c1OC. The van der Waals surface area contributed by atoms with Crippen molar-refractivity contribution >= 4 is 22.7 Å². The first-order chi connectivity index (χ1) is 15.5. The van der Waals surface area contributed by atoms with Crippen LogP contribution < -0.4 is 10.3 Å². The molecule has 1 aromatic heterocycles. The van der Waals surface area contributed by atoms with Crippen LogP contribution in [0.1, 0.15) is 31.2 Å². The third-order valence-electron chi connectivity index (χ3n) is 5.37. The third-order valence-corrected chi connectivity index (χ3v) is 5.37. The average molecular weight is 469 g/mol. The number of fused-ring (bicyclic) bond motifs is 1. The van der Waals surface area contributed by atoms with Crippen molar-refractivity contribution in [2.45, 2.75) is 37.5 Å². The highest BCUT2D eigenvalue weighted by atomic mass is 19.4. The molecule has 11 heteroatoms. The zero-order valence-corrected chi connectivity index (χ0v) is 17.6. The molecule has 0 saturated carbocycles. The summed E-state index contributed by atoms with van der Waals surface area (Å²) >= 11 is 0. The van der Waals surface area contributed by atoms with Gasteiger partial charge in [-0.2, -0.15) is 22.7 Å². The number of nitrogens with one attached hydrogen (secondary N) is 1. The highest BCUT2D eigenvalue weighted by Crippen LogP contribution is 2.42. The molecule has 0 amide bonds. The lowest BCUT2D eigenvalue weighted by atomic mass is 9.83. The predicted molar refractivity (Wildman–Crippen MR) is 112 cm³/mol. The number of aromatic amines is 1. The van der Waals surface area contributed by atoms with Gasteiger partial charge in [0.2, 0.25) is 5.82 Å². The van der Waals surface area contributed by atoms with Crippen LogP contribution in [0.2, 0.25) is 0 Å². The maximum absolute atomic E-state index is 14.1. The number of hydrogen-bond donors (Lipinski definition) is 2. The van der Waals surface area contributed by atoms with Crippen LogP contribution in [-0.2, 0) is 0 Å². The summed E-state index contributed by atoms with van der Waals surface area (Å²) in [5.41, 5.74) is -3.99. The van der Waals surface area contributed by atoms with Crippen molar-refractivity contribution < 1.29 is 31.8 Å². The number of methoxy groups -OCH3 is 1. The van der Waals surface area contributed by atoms with Crippen molar-refractivity contribution in [3.63, 3.8) is 0 Å². The van der Waals surface area contributed by atoms with Crippen molar-refractivity contribution in [3.8, 4) is 5.75 Å². The number of aliphatic hydroxyl groups is 1. The van der Waals surface area contributed by atoms with Gasteiger partial charge in [0.15, 0.2) is 17.2 Å². The van der Waals surface area contributed by atoms with Gasteiger partial charge in [0, 0.05) is 17.2 Å². The number of alkyl halides is 3. The van der Waals surface area contributed by atoms with E-state index in [1.165, 1.54) is 24.4 Å². The third kappa shape index (κ3) is 4.72. The van der Waals surface area contributed by atoms with Crippen molar-refractivity contribution in [1.29, 1.82) is 0 Å². The molecule has 0 spiro atoms. The topological polar surface area (TPSA) is 87.6 Å². The largest absolute Gasteiger partial charge is 0.493 e. The molecule has 0 fully saturated rings. The lowest BCUT2D eigenvalue weighted by molar-refractivity contribution is -0.232. The van der Waals surface area contributed by atoms with Crippen molar-refractivity contribution in [1.82, 2.24) is 10.2 Å². The maximum atomic E-state index is 14.1. The van der Waals surface area contributed by atoms with Gasteiger partial charge in [-0.3, -0.25) is 9.79 Å². The molecule has 33 heavy (non-hydrogen) atoms. The second-order valence-electron chi connectivity index (χ2n) is 7.41. The smallest absolute Gasteiger partial charge is 0.422 e. The molecule has 2 aromatic carbocycles. The Balaban J connectivity index is 2.05. The quantitative estimate of drug-likeness (QED) is 0.385. The molecule has 3 aromatic rings. The van der Waals surface area contributed by atoms with Gasteiger partial charge in [0.05, 0.1) is 24.4 Å². The monoisotopic (exact) mass is 469 g/mol. The summed E-state index contributed by atoms with van der Waals surface area (Å²) in [5.74, 6) is -4.11. The second kappa shape index (κ2) is 9.26. The molecule has 2 atom stereocenters. The minimum Gasteiger partial charge on any atom is -0.493 e. The molecule has 2 N–H and O–H groups in total. The Morgan fingerprint density at radius 2 is 1.94 bits per heavy atom. The highest BCUT2D eigenvalue weighted by Gasteiger charge is 2.53. The minimum atomic E-state index is -5.14. The summed E-state index contributed by atoms with van der Waals surface area (Å²) in [5, 5.41) is 16.8. The molecule has 176 valence electrons. The molecule has 6 nitrogen and oxygen atoms in total. The number of ether oxygens (including phenoxy) is 1. The van der Waals surface area contributed by atoms with Crippen LogP contribution in [-0.4, -0.2) is 40.4 Å². The Morgan fingerprint density at radius 1 is 1.21 bits per heavy atom. The molecule has 0 aliphatic heterocycles. The van der Waals surface area contributed by atoms with Crippen LogP contribution in [0.3, 0.4) is 0 Å². The summed E-state index contributed by atoms with van der Waals surface area (Å²) < 4.78 is 74.4. The van der Waals surface area contributed by atoms with Crippen LogP contribution in [0.25, 0.3) is 10.8 Å². The van der Waals surface area contributed by atoms with E-state index in [0.717, 1.165) is 19.2 Å². The molecule has 0 saturated heterocycles. The van der Waals surface area contributed by atoms with Gasteiger partial charge >= 0.3 is 6.18 Å². The summed E-state index contributed by atoms with van der Waals surface area (Å²) in [4.78, 5) is 15.7. The van der Waals surface area contributed by atoms with E-state index in [9.17, 15) is 31.9 Å². The normalized spacial score (nSPS) is 15.0. The summed E-state index contributed by atoms with van der Waals surface area (Å²) in [6.07, 6.45) is -4.44. The molecular formula is C22H20F5N3O3. The van der Waals surface area contributed by atoms with Gasteiger partial charge in [-0.05, 0) is 37.0 Å². The first-order valence-electron chi connectivity index (χ1n) is 9.85. The molecule has 0 bridgehead atoms. The van der Waals surface area contributed by atoms with E-state index < -0.39 is 47.1 Å². The number of halogens is 5. The number of aliphatic imine (C=N–C) groups is 1. The number of rotatable bonds is 7. The molecule has 3 rings (SSSR count). The number of nitrogens with zero attached hydrogens (tertiary/aromatic N) is 2. The summed E-state index contributed by atoms with van der Waals surface area (Å²) in [6, 6.07) is 6.16. The van der Waals surface area contributed by atoms with Crippen LogP contribution in [0.15, 0.2) is 46.3 Å². The van der Waals surface area contributed by atoms with Crippen molar-refractivity contribution in [2.24, 2.45) is 4.99 Å². The second-order valence-corrected chi connectivity index (χ2v) is 7.41. The van der Waals surface area contributed by atoms with Gasteiger partial charge in [-0.1, -0.05) is 19.1 Å². The van der Waals surface area contributed by atoms with Crippen LogP contribution in [0, 0.1) is 11.6 Å². The zero-order chi connectivity index (χ0) is 24.4. The molecule has 0 unspecified atom stereocenters. The fourth-order valence-corrected chi connectivity index (χ4v) is 3.56. The fourth-order valence-electron chi connectivity index (χ4n) is 3.56. The van der Waals surface area contributed by atoms with Gasteiger partial charge < -0.3 is 9.84 Å². The highest BCUT2D eigenvalue weighted by molar-refractivity contribution is 5.93. The molecule has 0 aliphatic rings. The number of H-pyrrole nitrogens is 1. The molecule has 0 aliphatic carbocycles. The standard InChI is InChI=1S/C22H20F5N3O3/c1-3-12(13-7-8-16(23)18(24)19(13)33-2)9-21(32,22(25,26)27)11-28-17-6-4-5-14-15(17)10-29-30-20(14)31/h4-8,10-12,32H,3,9H2,1-2H3,(H,30,31)/t12-,21-/m1/s1. The minimum absolute atomic E-state index is 0.00719. The van der Waals surface area contributed by atoms with E-state index in [0.29, 0.717) is 6.21 Å². The van der Waals surface area contributed by atoms with Crippen molar-refractivity contribution in [3.05, 3.63) is 64.1 Å². The van der Waals surface area contributed by atoms with E-state index in [4.69, 9.17) is 4.74 Å². The maximum Gasteiger partial charge on any atom is 0.422 e. The lowest BCUT2D eigenvalue weighted by Crippen LogP contribution is -2.47. The first-order valence-corrected chi connectivity index (χ1v) is 9.85. The average Bonchev–Trinajstić information content (AvgIpc) is 2.77. The zero-order valence-electron chi connectivity index (χ0n) is 17.6. The van der Waals surface area contributed by atoms with Crippen LogP contribution >= 0.6 is 0 Å². The van der Waals surface area contributed by atoms with Gasteiger partial charge in [0.1, 0.15) is 0 Å². The van der Waals surface area contributed by atoms with E-state index >= 15 is 0 Å². The first kappa shape index (κ1) is 24.3. The molecule has 0 radical (unpaired) electrons. The Hall–Kier alpha value is -3.34. The summed E-state index contributed by atoms with van der Waals surface area (Å²) in [6.45, 7) is 1.54. The molecule has 1 heterocycles. The Bertz CT molecular complexity index is 1240. The van der Waals surface area contributed by atoms with Crippen molar-refractivity contribution in [2.75, 3.05) is 7.11 Å². The van der Waals surface area contributed by atoms with Gasteiger partial charge in [-0.15, -0.1) is 0 Å². The van der Waals surface area contributed by atoms with E-state index in [1.807, 2.05) is 0 Å². The van der Waals surface area contributed by atoms with Gasteiger partial charge in [0.25, 0.3) is 5.56 Å². The van der Waals surface area contributed by atoms with Crippen LogP contribution in [0.4, 0.5) is 27.6 Å². The van der Waals surface area contributed by atoms with Crippen LogP contribution in [0.5, 0.6) is 5.75 Å². The predicted octanol–water partition coefficient (Wildman–Crippen LogP) is 4.79. The number of hydrogen-bond acceptors (Lipinski definition) is 5. The summed E-state index contributed by atoms with van der Waals surface area (Å²) in [7, 11) is 1.07. The Labute approximate surface area is 184 Å². The Morgan fingerprint density at radius 3 is 2.58 bits per heavy atom. The number of benzene rings is 2. The van der Waals surface area contributed by atoms with E-state index in [-0.39, 0.29) is 28.4 Å². The fraction of sp³-hybridized carbons (Fsp3) is 0.318. The lowest BCUT2D eigenvalue weighted by Gasteiger charge is -2.31.